The van der Waals surface area contributed by atoms with Crippen molar-refractivity contribution in [3.05, 3.63) is 128 Å². The van der Waals surface area contributed by atoms with Crippen LogP contribution in [0, 0.1) is 19.8 Å². The Labute approximate surface area is 324 Å². The summed E-state index contributed by atoms with van der Waals surface area (Å²) in [4.78, 5) is 0. The summed E-state index contributed by atoms with van der Waals surface area (Å²) < 4.78 is 1.24. The molecule has 4 aromatic rings. The molecule has 6 rings (SSSR count). The van der Waals surface area contributed by atoms with E-state index in [1.807, 2.05) is 0 Å². The van der Waals surface area contributed by atoms with Crippen LogP contribution in [0.15, 0.2) is 83.9 Å². The molecular formula is C46H56Cl2SiZr. The van der Waals surface area contributed by atoms with Crippen LogP contribution in [0.3, 0.4) is 0 Å². The zero-order valence-corrected chi connectivity index (χ0v) is 37.5. The molecule has 0 spiro atoms. The van der Waals surface area contributed by atoms with Gasteiger partial charge in [-0.05, 0) is 0 Å². The van der Waals surface area contributed by atoms with E-state index in [4.69, 9.17) is 0 Å². The quantitative estimate of drug-likeness (QED) is 0.185. The van der Waals surface area contributed by atoms with Crippen molar-refractivity contribution < 1.29 is 45.2 Å². The zero-order chi connectivity index (χ0) is 34.9. The minimum Gasteiger partial charge on any atom is -1.00 e. The number of benzene rings is 4. The van der Waals surface area contributed by atoms with Crippen LogP contribution < -0.4 is 24.8 Å². The van der Waals surface area contributed by atoms with Gasteiger partial charge in [0.15, 0.2) is 0 Å². The number of aryl methyl sites for hydroxylation is 2. The van der Waals surface area contributed by atoms with Crippen LogP contribution in [-0.2, 0) is 31.2 Å². The van der Waals surface area contributed by atoms with Crippen LogP contribution in [0.5, 0.6) is 0 Å². The Balaban J connectivity index is 0.00000281. The molecular weight excluding hydrogens is 743 g/mol. The Kier molecular flexibility index (Phi) is 12.4. The van der Waals surface area contributed by atoms with Crippen molar-refractivity contribution in [1.82, 2.24) is 0 Å². The molecule has 0 radical (unpaired) electrons. The van der Waals surface area contributed by atoms with Gasteiger partial charge in [0, 0.05) is 0 Å². The average molecular weight is 799 g/mol. The molecule has 0 aliphatic heterocycles. The minimum atomic E-state index is -2.25. The van der Waals surface area contributed by atoms with E-state index in [-0.39, 0.29) is 35.6 Å². The Morgan fingerprint density at radius 3 is 1.36 bits per heavy atom. The van der Waals surface area contributed by atoms with Gasteiger partial charge in [0.1, 0.15) is 0 Å². The fourth-order valence-electron chi connectivity index (χ4n) is 8.22. The van der Waals surface area contributed by atoms with Crippen LogP contribution in [0.2, 0.25) is 13.1 Å². The van der Waals surface area contributed by atoms with E-state index in [0.29, 0.717) is 13.2 Å². The van der Waals surface area contributed by atoms with Crippen molar-refractivity contribution in [2.75, 3.05) is 0 Å². The predicted octanol–water partition coefficient (Wildman–Crippen LogP) is 7.36. The second-order valence-electron chi connectivity index (χ2n) is 17.3. The van der Waals surface area contributed by atoms with Gasteiger partial charge in [0.05, 0.1) is 0 Å². The molecule has 0 fully saturated rings. The number of hydrogen-bond donors (Lipinski definition) is 0. The molecule has 0 bridgehead atoms. The fourth-order valence-corrected chi connectivity index (χ4v) is 29.0. The van der Waals surface area contributed by atoms with E-state index in [9.17, 15) is 0 Å². The number of fused-ring (bicyclic) bond motifs is 2. The van der Waals surface area contributed by atoms with Crippen LogP contribution in [0.1, 0.15) is 114 Å². The number of rotatable bonds is 5. The van der Waals surface area contributed by atoms with Gasteiger partial charge in [0.2, 0.25) is 0 Å². The molecule has 50 heavy (non-hydrogen) atoms. The molecule has 0 saturated carbocycles. The van der Waals surface area contributed by atoms with Gasteiger partial charge in [-0.1, -0.05) is 0 Å². The zero-order valence-electron chi connectivity index (χ0n) is 32.6. The smallest absolute Gasteiger partial charge is 1.00 e. The molecule has 2 unspecified atom stereocenters. The third-order valence-corrected chi connectivity index (χ3v) is 30.4. The molecule has 4 aromatic carbocycles. The number of allylic oxidation sites excluding steroid dienone is 2. The first-order chi connectivity index (χ1) is 22.5. The second-order valence-corrected chi connectivity index (χ2v) is 35.2. The molecule has 2 aliphatic rings. The standard InChI is InChI=1S/C23H27.C21H23.C2H6Si.2ClH.Zr/c1-15(2)18-13-19-11-16(3)12-21(22(19)14-18)17-7-9-20(10-8-17)23(4,5)6;1-14-10-17-11-15(2)13-20(17)19(12-14)16-6-8-18(9-7-16)21(3,4)5;1-3-2;;;/h7-15H,1-6H3;6-13H,1-5H3;1-2H3;2*1H;/q;;;;;+2/p-2. The summed E-state index contributed by atoms with van der Waals surface area (Å²) in [6, 6.07) is 28.9. The normalized spacial score (nSPS) is 16.4. The van der Waals surface area contributed by atoms with Gasteiger partial charge >= 0.3 is 302 Å². The van der Waals surface area contributed by atoms with E-state index < -0.39 is 25.8 Å². The molecule has 0 nitrogen and oxygen atoms in total. The summed E-state index contributed by atoms with van der Waals surface area (Å²) in [6.45, 7) is 31.1. The monoisotopic (exact) mass is 796 g/mol. The van der Waals surface area contributed by atoms with Crippen molar-refractivity contribution in [3.63, 3.8) is 0 Å². The van der Waals surface area contributed by atoms with E-state index in [1.54, 1.807) is 22.3 Å². The summed E-state index contributed by atoms with van der Waals surface area (Å²) in [6.07, 6.45) is 5.24. The predicted molar refractivity (Wildman–Crippen MR) is 210 cm³/mol. The van der Waals surface area contributed by atoms with E-state index in [1.165, 1.54) is 55.6 Å². The molecule has 2 aliphatic carbocycles. The maximum absolute atomic E-state index is 2.66. The first kappa shape index (κ1) is 40.8. The second kappa shape index (κ2) is 15.2. The maximum Gasteiger partial charge on any atom is -1.00 e. The Morgan fingerprint density at radius 1 is 0.580 bits per heavy atom. The molecule has 0 amide bonds. The number of halogens is 2. The van der Waals surface area contributed by atoms with Crippen molar-refractivity contribution in [3.8, 4) is 22.3 Å². The third kappa shape index (κ3) is 7.71. The van der Waals surface area contributed by atoms with Crippen molar-refractivity contribution >= 4 is 17.6 Å². The molecule has 0 aromatic heterocycles. The van der Waals surface area contributed by atoms with E-state index >= 15 is 0 Å². The summed E-state index contributed by atoms with van der Waals surface area (Å²) in [5, 5.41) is 0. The summed E-state index contributed by atoms with van der Waals surface area (Å²) in [5.74, 6) is 0.537. The van der Waals surface area contributed by atoms with Crippen molar-refractivity contribution in [2.45, 2.75) is 107 Å². The fraction of sp³-hybridized carbons (Fsp3) is 0.391. The van der Waals surface area contributed by atoms with Crippen LogP contribution in [0.25, 0.3) is 34.4 Å². The van der Waals surface area contributed by atoms with Gasteiger partial charge in [-0.3, -0.25) is 0 Å². The summed E-state index contributed by atoms with van der Waals surface area (Å²) in [7, 11) is 0. The van der Waals surface area contributed by atoms with Crippen LogP contribution in [-0.4, -0.2) is 5.43 Å². The van der Waals surface area contributed by atoms with Gasteiger partial charge in [0.25, 0.3) is 0 Å². The molecule has 2 atom stereocenters. The Hall–Kier alpha value is -1.96. The van der Waals surface area contributed by atoms with Crippen molar-refractivity contribution in [1.29, 1.82) is 0 Å². The van der Waals surface area contributed by atoms with Crippen molar-refractivity contribution in [2.24, 2.45) is 5.92 Å². The van der Waals surface area contributed by atoms with Gasteiger partial charge in [-0.25, -0.2) is 0 Å². The number of hydrogen-bond acceptors (Lipinski definition) is 0. The van der Waals surface area contributed by atoms with Gasteiger partial charge in [-0.15, -0.1) is 0 Å². The molecule has 0 N–H and O–H groups in total. The first-order valence-corrected chi connectivity index (χ1v) is 27.1. The Morgan fingerprint density at radius 2 is 0.980 bits per heavy atom. The van der Waals surface area contributed by atoms with E-state index in [2.05, 4.69) is 174 Å². The van der Waals surface area contributed by atoms with Gasteiger partial charge in [-0.2, -0.15) is 0 Å². The molecule has 0 saturated heterocycles. The topological polar surface area (TPSA) is 0 Å². The SMILES string of the molecule is CC1=Cc2c(-c3ccc(C(C)(C)C)cc3)cc(C)cc2[CH]1[Zr+2]([CH]1C(C(C)C)=Cc2c(-c3ccc(C(C)(C)C)cc3)cc(C)cc21)=[Si](C)C.[Cl-].[Cl-]. The summed E-state index contributed by atoms with van der Waals surface area (Å²) >= 11 is -2.25. The molecule has 4 heteroatoms. The molecule has 262 valence electrons. The summed E-state index contributed by atoms with van der Waals surface area (Å²) in [5.41, 5.74) is 20.5. The Bertz CT molecular complexity index is 1990. The maximum atomic E-state index is 2.66. The van der Waals surface area contributed by atoms with E-state index in [0.717, 1.165) is 0 Å². The van der Waals surface area contributed by atoms with Crippen LogP contribution >= 0.6 is 0 Å². The molecule has 0 heterocycles. The average Bonchev–Trinajstić information content (AvgIpc) is 3.53. The van der Waals surface area contributed by atoms with Gasteiger partial charge < -0.3 is 24.8 Å². The van der Waals surface area contributed by atoms with Crippen LogP contribution in [0.4, 0.5) is 0 Å². The first-order valence-electron chi connectivity index (χ1n) is 18.0. The third-order valence-electron chi connectivity index (χ3n) is 10.8. The minimum absolute atomic E-state index is 0. The largest absolute Gasteiger partial charge is 1.00 e.